The summed E-state index contributed by atoms with van der Waals surface area (Å²) in [7, 11) is 1.60. The number of amides is 1. The molecule has 112 valence electrons. The van der Waals surface area contributed by atoms with E-state index in [9.17, 15) is 4.79 Å². The third kappa shape index (κ3) is 6.45. The number of methoxy groups -OCH3 is 1. The third-order valence-electron chi connectivity index (χ3n) is 3.01. The highest BCUT2D eigenvalue weighted by Gasteiger charge is 2.04. The quantitative estimate of drug-likeness (QED) is 0.669. The van der Waals surface area contributed by atoms with E-state index in [2.05, 4.69) is 12.2 Å². The van der Waals surface area contributed by atoms with Gasteiger partial charge in [-0.05, 0) is 18.6 Å². The largest absolute Gasteiger partial charge is 0.493 e. The van der Waals surface area contributed by atoms with Gasteiger partial charge in [-0.2, -0.15) is 0 Å². The number of para-hydroxylation sites is 2. The van der Waals surface area contributed by atoms with Crippen molar-refractivity contribution in [2.75, 3.05) is 20.3 Å². The second-order valence-corrected chi connectivity index (χ2v) is 4.66. The molecule has 1 amide bonds. The first-order valence-electron chi connectivity index (χ1n) is 7.30. The van der Waals surface area contributed by atoms with Gasteiger partial charge >= 0.3 is 0 Å². The van der Waals surface area contributed by atoms with E-state index in [4.69, 9.17) is 9.47 Å². The summed E-state index contributed by atoms with van der Waals surface area (Å²) in [4.78, 5) is 11.6. The van der Waals surface area contributed by atoms with Gasteiger partial charge in [-0.25, -0.2) is 0 Å². The van der Waals surface area contributed by atoms with Crippen molar-refractivity contribution in [3.63, 3.8) is 0 Å². The number of unbranched alkanes of at least 4 members (excludes halogenated alkanes) is 3. The Morgan fingerprint density at radius 3 is 2.60 bits per heavy atom. The number of ether oxygens (including phenoxy) is 2. The van der Waals surface area contributed by atoms with E-state index in [-0.39, 0.29) is 5.91 Å². The summed E-state index contributed by atoms with van der Waals surface area (Å²) < 4.78 is 10.7. The van der Waals surface area contributed by atoms with E-state index < -0.39 is 0 Å². The van der Waals surface area contributed by atoms with Crippen LogP contribution in [0, 0.1) is 0 Å². The molecule has 20 heavy (non-hydrogen) atoms. The maximum absolute atomic E-state index is 11.6. The number of rotatable bonds is 10. The van der Waals surface area contributed by atoms with Crippen LogP contribution in [0.5, 0.6) is 11.5 Å². The van der Waals surface area contributed by atoms with Gasteiger partial charge in [-0.15, -0.1) is 0 Å². The Hall–Kier alpha value is -1.71. The summed E-state index contributed by atoms with van der Waals surface area (Å²) in [5, 5.41) is 2.91. The molecule has 0 heterocycles. The van der Waals surface area contributed by atoms with Crippen LogP contribution >= 0.6 is 0 Å². The molecule has 0 saturated carbocycles. The normalized spacial score (nSPS) is 10.1. The van der Waals surface area contributed by atoms with Crippen LogP contribution in [0.2, 0.25) is 0 Å². The number of nitrogens with one attached hydrogen (secondary N) is 1. The first-order valence-corrected chi connectivity index (χ1v) is 7.30. The van der Waals surface area contributed by atoms with Crippen LogP contribution < -0.4 is 14.8 Å². The zero-order chi connectivity index (χ0) is 14.6. The fourth-order valence-corrected chi connectivity index (χ4v) is 1.86. The van der Waals surface area contributed by atoms with E-state index in [1.807, 2.05) is 24.3 Å². The molecule has 1 aromatic carbocycles. The Bertz CT molecular complexity index is 393. The monoisotopic (exact) mass is 279 g/mol. The van der Waals surface area contributed by atoms with Crippen LogP contribution in [0.15, 0.2) is 24.3 Å². The Morgan fingerprint density at radius 1 is 1.15 bits per heavy atom. The van der Waals surface area contributed by atoms with E-state index in [1.54, 1.807) is 7.11 Å². The predicted octanol–water partition coefficient (Wildman–Crippen LogP) is 3.16. The van der Waals surface area contributed by atoms with Gasteiger partial charge in [-0.1, -0.05) is 38.3 Å². The van der Waals surface area contributed by atoms with Crippen molar-refractivity contribution < 1.29 is 14.3 Å². The zero-order valence-corrected chi connectivity index (χ0v) is 12.5. The zero-order valence-electron chi connectivity index (χ0n) is 12.5. The van der Waals surface area contributed by atoms with Crippen molar-refractivity contribution in [3.05, 3.63) is 24.3 Å². The van der Waals surface area contributed by atoms with Gasteiger partial charge in [0.2, 0.25) is 5.91 Å². The second-order valence-electron chi connectivity index (χ2n) is 4.66. The highest BCUT2D eigenvalue weighted by molar-refractivity contribution is 5.75. The Balaban J connectivity index is 2.15. The summed E-state index contributed by atoms with van der Waals surface area (Å²) in [5.41, 5.74) is 0. The van der Waals surface area contributed by atoms with Crippen LogP contribution in [0.4, 0.5) is 0 Å². The Morgan fingerprint density at radius 2 is 1.90 bits per heavy atom. The van der Waals surface area contributed by atoms with Crippen molar-refractivity contribution in [2.24, 2.45) is 0 Å². The van der Waals surface area contributed by atoms with Gasteiger partial charge in [0, 0.05) is 6.54 Å². The minimum Gasteiger partial charge on any atom is -0.493 e. The highest BCUT2D eigenvalue weighted by atomic mass is 16.5. The first-order chi connectivity index (χ1) is 9.77. The molecule has 0 bridgehead atoms. The summed E-state index contributed by atoms with van der Waals surface area (Å²) >= 11 is 0. The minimum atomic E-state index is 0.0383. The molecule has 0 aliphatic rings. The average molecular weight is 279 g/mol. The lowest BCUT2D eigenvalue weighted by atomic mass is 10.2. The van der Waals surface area contributed by atoms with Gasteiger partial charge in [0.1, 0.15) is 0 Å². The molecule has 0 fully saturated rings. The molecule has 1 rings (SSSR count). The maximum Gasteiger partial charge on any atom is 0.223 e. The molecular formula is C16H25NO3. The molecule has 0 atom stereocenters. The number of hydrogen-bond acceptors (Lipinski definition) is 3. The molecule has 0 saturated heterocycles. The van der Waals surface area contributed by atoms with E-state index in [0.29, 0.717) is 24.5 Å². The van der Waals surface area contributed by atoms with Gasteiger partial charge in [0.15, 0.2) is 11.5 Å². The molecular weight excluding hydrogens is 254 g/mol. The van der Waals surface area contributed by atoms with Gasteiger partial charge in [0.25, 0.3) is 0 Å². The maximum atomic E-state index is 11.6. The number of carbonyl (C=O) groups excluding carboxylic acids is 1. The van der Waals surface area contributed by atoms with Crippen molar-refractivity contribution in [1.82, 2.24) is 5.32 Å². The lowest BCUT2D eigenvalue weighted by Crippen LogP contribution is -2.25. The second kappa shape index (κ2) is 10.1. The number of benzene rings is 1. The molecule has 0 spiro atoms. The summed E-state index contributed by atoms with van der Waals surface area (Å²) in [6, 6.07) is 7.44. The number of hydrogen-bond donors (Lipinski definition) is 1. The third-order valence-corrected chi connectivity index (χ3v) is 3.01. The summed E-state index contributed by atoms with van der Waals surface area (Å²) in [5.74, 6) is 1.40. The van der Waals surface area contributed by atoms with Crippen LogP contribution in [0.1, 0.15) is 39.0 Å². The molecule has 1 aromatic rings. The van der Waals surface area contributed by atoms with Crippen LogP contribution in [0.25, 0.3) is 0 Å². The van der Waals surface area contributed by atoms with E-state index >= 15 is 0 Å². The Labute approximate surface area is 121 Å². The lowest BCUT2D eigenvalue weighted by Gasteiger charge is -2.10. The van der Waals surface area contributed by atoms with Crippen LogP contribution in [-0.4, -0.2) is 26.2 Å². The highest BCUT2D eigenvalue weighted by Crippen LogP contribution is 2.25. The fraction of sp³-hybridized carbons (Fsp3) is 0.562. The van der Waals surface area contributed by atoms with E-state index in [0.717, 1.165) is 13.0 Å². The van der Waals surface area contributed by atoms with Gasteiger partial charge in [-0.3, -0.25) is 4.79 Å². The molecule has 4 nitrogen and oxygen atoms in total. The first kappa shape index (κ1) is 16.3. The standard InChI is InChI=1S/C16H25NO3/c1-3-4-5-8-12-17-16(18)11-13-20-15-10-7-6-9-14(15)19-2/h6-7,9-10H,3-5,8,11-13H2,1-2H3,(H,17,18). The van der Waals surface area contributed by atoms with Crippen molar-refractivity contribution in [1.29, 1.82) is 0 Å². The lowest BCUT2D eigenvalue weighted by molar-refractivity contribution is -0.121. The van der Waals surface area contributed by atoms with E-state index in [1.165, 1.54) is 19.3 Å². The molecule has 1 N–H and O–H groups in total. The molecule has 4 heteroatoms. The molecule has 0 aliphatic carbocycles. The molecule has 0 unspecified atom stereocenters. The Kier molecular flexibility index (Phi) is 8.27. The SMILES string of the molecule is CCCCCCNC(=O)CCOc1ccccc1OC. The topological polar surface area (TPSA) is 47.6 Å². The van der Waals surface area contributed by atoms with Gasteiger partial charge < -0.3 is 14.8 Å². The predicted molar refractivity (Wildman–Crippen MR) is 80.3 cm³/mol. The minimum absolute atomic E-state index is 0.0383. The van der Waals surface area contributed by atoms with Crippen molar-refractivity contribution in [3.8, 4) is 11.5 Å². The van der Waals surface area contributed by atoms with Crippen molar-refractivity contribution in [2.45, 2.75) is 39.0 Å². The van der Waals surface area contributed by atoms with Crippen LogP contribution in [-0.2, 0) is 4.79 Å². The summed E-state index contributed by atoms with van der Waals surface area (Å²) in [6.45, 7) is 3.29. The molecule has 0 radical (unpaired) electrons. The average Bonchev–Trinajstić information content (AvgIpc) is 2.47. The number of carbonyl (C=O) groups is 1. The van der Waals surface area contributed by atoms with Crippen molar-refractivity contribution >= 4 is 5.91 Å². The smallest absolute Gasteiger partial charge is 0.223 e. The molecule has 0 aromatic heterocycles. The molecule has 0 aliphatic heterocycles. The summed E-state index contributed by atoms with van der Waals surface area (Å²) in [6.07, 6.45) is 5.03. The van der Waals surface area contributed by atoms with Crippen LogP contribution in [0.3, 0.4) is 0 Å². The van der Waals surface area contributed by atoms with Gasteiger partial charge in [0.05, 0.1) is 20.1 Å². The fourth-order valence-electron chi connectivity index (χ4n) is 1.86.